The third-order valence-electron chi connectivity index (χ3n) is 3.07. The monoisotopic (exact) mass is 286 g/mol. The van der Waals surface area contributed by atoms with Crippen LogP contribution in [-0.2, 0) is 0 Å². The van der Waals surface area contributed by atoms with Crippen molar-refractivity contribution in [2.45, 2.75) is 13.8 Å². The summed E-state index contributed by atoms with van der Waals surface area (Å²) in [6.45, 7) is 3.78. The summed E-state index contributed by atoms with van der Waals surface area (Å²) in [5.74, 6) is -0.897. The van der Waals surface area contributed by atoms with E-state index >= 15 is 0 Å². The number of phenolic OH excluding ortho intramolecular Hbond substituents is 1. The molecule has 0 bridgehead atoms. The predicted molar refractivity (Wildman–Crippen MR) is 78.6 cm³/mol. The molecule has 6 nitrogen and oxygen atoms in total. The van der Waals surface area contributed by atoms with Crippen molar-refractivity contribution in [3.63, 3.8) is 0 Å². The third-order valence-corrected chi connectivity index (χ3v) is 3.07. The zero-order chi connectivity index (χ0) is 15.6. The first-order chi connectivity index (χ1) is 9.88. The second-order valence-electron chi connectivity index (χ2n) is 4.73. The summed E-state index contributed by atoms with van der Waals surface area (Å²) in [5, 5.41) is 23.1. The molecule has 21 heavy (non-hydrogen) atoms. The topological polar surface area (TPSA) is 92.5 Å². The maximum absolute atomic E-state index is 12.2. The van der Waals surface area contributed by atoms with Crippen LogP contribution in [0, 0.1) is 24.0 Å². The fourth-order valence-electron chi connectivity index (χ4n) is 1.96. The van der Waals surface area contributed by atoms with Crippen LogP contribution in [0.2, 0.25) is 0 Å². The molecule has 0 heterocycles. The molecule has 0 aliphatic rings. The highest BCUT2D eigenvalue weighted by molar-refractivity contribution is 6.06. The first kappa shape index (κ1) is 14.5. The van der Waals surface area contributed by atoms with Crippen LogP contribution in [-0.4, -0.2) is 15.9 Å². The van der Waals surface area contributed by atoms with E-state index in [9.17, 15) is 20.0 Å². The second kappa shape index (κ2) is 5.62. The van der Waals surface area contributed by atoms with E-state index in [2.05, 4.69) is 5.32 Å². The normalized spacial score (nSPS) is 10.2. The van der Waals surface area contributed by atoms with Gasteiger partial charge in [-0.15, -0.1) is 0 Å². The minimum atomic E-state index is -0.618. The van der Waals surface area contributed by atoms with Crippen molar-refractivity contribution < 1.29 is 14.8 Å². The van der Waals surface area contributed by atoms with Gasteiger partial charge in [0.05, 0.1) is 10.5 Å². The molecule has 2 N–H and O–H groups in total. The number of aromatic hydroxyl groups is 1. The standard InChI is InChI=1S/C15H14N2O4/c1-9-3-5-13(10(2)7-9)16-15(19)12-8-11(17(20)21)4-6-14(12)18/h3-8,18H,1-2H3,(H,16,19). The van der Waals surface area contributed by atoms with Crippen LogP contribution in [0.25, 0.3) is 0 Å². The molecule has 0 atom stereocenters. The summed E-state index contributed by atoms with van der Waals surface area (Å²) in [7, 11) is 0. The lowest BCUT2D eigenvalue weighted by Gasteiger charge is -2.10. The lowest BCUT2D eigenvalue weighted by molar-refractivity contribution is -0.384. The maximum atomic E-state index is 12.2. The number of carbonyl (C=O) groups excluding carboxylic acids is 1. The Bertz CT molecular complexity index is 726. The smallest absolute Gasteiger partial charge is 0.270 e. The minimum Gasteiger partial charge on any atom is -0.507 e. The second-order valence-corrected chi connectivity index (χ2v) is 4.73. The number of hydrogen-bond donors (Lipinski definition) is 2. The Balaban J connectivity index is 2.32. The molecule has 2 rings (SSSR count). The fourth-order valence-corrected chi connectivity index (χ4v) is 1.96. The van der Waals surface area contributed by atoms with E-state index in [-0.39, 0.29) is 17.0 Å². The van der Waals surface area contributed by atoms with Crippen LogP contribution in [0.4, 0.5) is 11.4 Å². The number of nitrogens with zero attached hydrogens (tertiary/aromatic N) is 1. The number of rotatable bonds is 3. The number of carbonyl (C=O) groups is 1. The highest BCUT2D eigenvalue weighted by Gasteiger charge is 2.17. The van der Waals surface area contributed by atoms with Crippen LogP contribution in [0.5, 0.6) is 5.75 Å². The van der Waals surface area contributed by atoms with Gasteiger partial charge in [0.2, 0.25) is 0 Å². The number of hydrogen-bond acceptors (Lipinski definition) is 4. The molecule has 0 aliphatic heterocycles. The molecule has 1 amide bonds. The maximum Gasteiger partial charge on any atom is 0.270 e. The van der Waals surface area contributed by atoms with Gasteiger partial charge in [-0.3, -0.25) is 14.9 Å². The first-order valence-electron chi connectivity index (χ1n) is 6.24. The number of nitrogens with one attached hydrogen (secondary N) is 1. The quantitative estimate of drug-likeness (QED) is 0.669. The summed E-state index contributed by atoms with van der Waals surface area (Å²) in [6.07, 6.45) is 0. The average molecular weight is 286 g/mol. The van der Waals surface area contributed by atoms with Crippen LogP contribution < -0.4 is 5.32 Å². The van der Waals surface area contributed by atoms with E-state index in [0.717, 1.165) is 29.3 Å². The van der Waals surface area contributed by atoms with Crippen molar-refractivity contribution in [1.29, 1.82) is 0 Å². The van der Waals surface area contributed by atoms with Crippen LogP contribution in [0.15, 0.2) is 36.4 Å². The van der Waals surface area contributed by atoms with Gasteiger partial charge in [0, 0.05) is 17.8 Å². The lowest BCUT2D eigenvalue weighted by Crippen LogP contribution is -2.13. The van der Waals surface area contributed by atoms with Gasteiger partial charge in [-0.1, -0.05) is 17.7 Å². The van der Waals surface area contributed by atoms with Crippen molar-refractivity contribution in [2.24, 2.45) is 0 Å². The molecule has 0 fully saturated rings. The Labute approximate surface area is 121 Å². The van der Waals surface area contributed by atoms with Crippen molar-refractivity contribution in [3.05, 3.63) is 63.2 Å². The third kappa shape index (κ3) is 3.17. The minimum absolute atomic E-state index is 0.135. The van der Waals surface area contributed by atoms with Gasteiger partial charge in [0.15, 0.2) is 0 Å². The summed E-state index contributed by atoms with van der Waals surface area (Å²) in [5.41, 5.74) is 2.14. The molecular formula is C15H14N2O4. The van der Waals surface area contributed by atoms with Crippen molar-refractivity contribution >= 4 is 17.3 Å². The molecule has 0 aromatic heterocycles. The molecule has 2 aromatic rings. The molecule has 6 heteroatoms. The number of phenols is 1. The molecule has 2 aromatic carbocycles. The Hall–Kier alpha value is -2.89. The molecule has 108 valence electrons. The van der Waals surface area contributed by atoms with E-state index in [1.54, 1.807) is 6.07 Å². The Morgan fingerprint density at radius 2 is 1.90 bits per heavy atom. The van der Waals surface area contributed by atoms with E-state index in [0.29, 0.717) is 5.69 Å². The molecule has 0 radical (unpaired) electrons. The van der Waals surface area contributed by atoms with Gasteiger partial charge < -0.3 is 10.4 Å². The van der Waals surface area contributed by atoms with Gasteiger partial charge in [-0.05, 0) is 31.5 Å². The number of anilines is 1. The van der Waals surface area contributed by atoms with Crippen LogP contribution in [0.3, 0.4) is 0 Å². The predicted octanol–water partition coefficient (Wildman–Crippen LogP) is 3.17. The lowest BCUT2D eigenvalue weighted by atomic mass is 10.1. The molecule has 0 saturated heterocycles. The summed E-state index contributed by atoms with van der Waals surface area (Å²) < 4.78 is 0. The van der Waals surface area contributed by atoms with Crippen molar-refractivity contribution in [2.75, 3.05) is 5.32 Å². The average Bonchev–Trinajstić information content (AvgIpc) is 2.42. The van der Waals surface area contributed by atoms with Gasteiger partial charge in [0.25, 0.3) is 11.6 Å². The first-order valence-corrected chi connectivity index (χ1v) is 6.24. The van der Waals surface area contributed by atoms with E-state index in [1.807, 2.05) is 26.0 Å². The Kier molecular flexibility index (Phi) is 3.89. The summed E-state index contributed by atoms with van der Waals surface area (Å²) in [6, 6.07) is 8.82. The van der Waals surface area contributed by atoms with Gasteiger partial charge in [-0.25, -0.2) is 0 Å². The highest BCUT2D eigenvalue weighted by atomic mass is 16.6. The number of amides is 1. The van der Waals surface area contributed by atoms with Crippen LogP contribution in [0.1, 0.15) is 21.5 Å². The largest absolute Gasteiger partial charge is 0.507 e. The van der Waals surface area contributed by atoms with E-state index in [1.165, 1.54) is 0 Å². The molecular weight excluding hydrogens is 272 g/mol. The van der Waals surface area contributed by atoms with Gasteiger partial charge in [0.1, 0.15) is 5.75 Å². The SMILES string of the molecule is Cc1ccc(NC(=O)c2cc([N+](=O)[O-])ccc2O)c(C)c1. The van der Waals surface area contributed by atoms with E-state index < -0.39 is 10.8 Å². The van der Waals surface area contributed by atoms with Gasteiger partial charge >= 0.3 is 0 Å². The number of nitro benzene ring substituents is 1. The van der Waals surface area contributed by atoms with Gasteiger partial charge in [-0.2, -0.15) is 0 Å². The molecule has 0 unspecified atom stereocenters. The Morgan fingerprint density at radius 1 is 1.19 bits per heavy atom. The highest BCUT2D eigenvalue weighted by Crippen LogP contribution is 2.25. The number of benzene rings is 2. The van der Waals surface area contributed by atoms with E-state index in [4.69, 9.17) is 0 Å². The van der Waals surface area contributed by atoms with Crippen molar-refractivity contribution in [3.8, 4) is 5.75 Å². The summed E-state index contributed by atoms with van der Waals surface area (Å²) >= 11 is 0. The number of non-ortho nitro benzene ring substituents is 1. The Morgan fingerprint density at radius 3 is 2.52 bits per heavy atom. The number of aryl methyl sites for hydroxylation is 2. The van der Waals surface area contributed by atoms with Crippen LogP contribution >= 0.6 is 0 Å². The summed E-state index contributed by atoms with van der Waals surface area (Å²) in [4.78, 5) is 22.3. The zero-order valence-corrected chi connectivity index (χ0v) is 11.6. The van der Waals surface area contributed by atoms with Crippen molar-refractivity contribution in [1.82, 2.24) is 0 Å². The fraction of sp³-hybridized carbons (Fsp3) is 0.133. The number of nitro groups is 1. The molecule has 0 saturated carbocycles. The molecule has 0 spiro atoms. The molecule has 0 aliphatic carbocycles. The zero-order valence-electron chi connectivity index (χ0n) is 11.6.